The highest BCUT2D eigenvalue weighted by Crippen LogP contribution is 2.17. The maximum absolute atomic E-state index is 12.2. The van der Waals surface area contributed by atoms with E-state index < -0.39 is 5.91 Å². The minimum Gasteiger partial charge on any atom is -0.464 e. The molecule has 1 aliphatic heterocycles. The number of nitrogens with one attached hydrogen (secondary N) is 1. The standard InChI is InChI=1S/C26H37ClN8O3.CH4/c27-22-24(29)33-23(28)21(32-22)25(37)34-26(30)31-13-3-2-6-18-7-9-19(10-8-18)11-12-20(36)38-17-16-35-14-4-1-5-15-35;/h7-10H,1-6,11-17H2,(H4,28,29,33)(H3,30,31,34,37);1H4. The lowest BCUT2D eigenvalue weighted by Gasteiger charge is -2.25. The highest BCUT2D eigenvalue weighted by molar-refractivity contribution is 6.31. The molecular formula is C27H41ClN8O3. The van der Waals surface area contributed by atoms with Crippen LogP contribution in [0.4, 0.5) is 11.6 Å². The Hall–Kier alpha value is -3.44. The van der Waals surface area contributed by atoms with Crippen molar-refractivity contribution in [2.75, 3.05) is 44.3 Å². The fourth-order valence-electron chi connectivity index (χ4n) is 4.13. The minimum absolute atomic E-state index is 0. The number of nitrogens with zero attached hydrogens (tertiary/aromatic N) is 4. The summed E-state index contributed by atoms with van der Waals surface area (Å²) < 4.78 is 5.40. The normalized spacial score (nSPS) is 13.9. The number of carbonyl (C=O) groups is 2. The van der Waals surface area contributed by atoms with Crippen LogP contribution in [0.1, 0.15) is 67.6 Å². The number of anilines is 2. The molecule has 1 fully saturated rings. The van der Waals surface area contributed by atoms with Gasteiger partial charge < -0.3 is 21.9 Å². The number of guanidine groups is 1. The number of piperidine rings is 1. The van der Waals surface area contributed by atoms with Crippen molar-refractivity contribution in [1.29, 1.82) is 0 Å². The maximum Gasteiger partial charge on any atom is 0.306 e. The first-order valence-corrected chi connectivity index (χ1v) is 13.3. The van der Waals surface area contributed by atoms with Gasteiger partial charge in [0.2, 0.25) is 0 Å². The molecule has 11 nitrogen and oxygen atoms in total. The van der Waals surface area contributed by atoms with Gasteiger partial charge >= 0.3 is 5.97 Å². The van der Waals surface area contributed by atoms with E-state index in [-0.39, 0.29) is 41.8 Å². The molecule has 7 N–H and O–H groups in total. The van der Waals surface area contributed by atoms with Crippen LogP contribution in [0.2, 0.25) is 5.15 Å². The van der Waals surface area contributed by atoms with Crippen LogP contribution in [0.25, 0.3) is 0 Å². The topological polar surface area (TPSA) is 175 Å². The summed E-state index contributed by atoms with van der Waals surface area (Å²) in [6, 6.07) is 8.27. The number of aryl methyl sites for hydroxylation is 2. The highest BCUT2D eigenvalue weighted by atomic mass is 35.5. The third-order valence-electron chi connectivity index (χ3n) is 6.28. The predicted octanol–water partition coefficient (Wildman–Crippen LogP) is 2.96. The molecule has 2 aromatic rings. The van der Waals surface area contributed by atoms with Gasteiger partial charge in [-0.3, -0.25) is 24.8 Å². The first-order chi connectivity index (χ1) is 18.3. The van der Waals surface area contributed by atoms with Gasteiger partial charge in [-0.05, 0) is 62.7 Å². The van der Waals surface area contributed by atoms with Crippen LogP contribution in [0.5, 0.6) is 0 Å². The van der Waals surface area contributed by atoms with Gasteiger partial charge in [-0.15, -0.1) is 0 Å². The summed E-state index contributed by atoms with van der Waals surface area (Å²) >= 11 is 5.80. The van der Waals surface area contributed by atoms with E-state index in [0.717, 1.165) is 44.5 Å². The summed E-state index contributed by atoms with van der Waals surface area (Å²) in [5, 5.41) is 2.30. The Labute approximate surface area is 235 Å². The van der Waals surface area contributed by atoms with Gasteiger partial charge in [0.1, 0.15) is 6.61 Å². The van der Waals surface area contributed by atoms with Crippen molar-refractivity contribution in [3.8, 4) is 0 Å². The second-order valence-electron chi connectivity index (χ2n) is 9.25. The lowest BCUT2D eigenvalue weighted by atomic mass is 10.0. The second-order valence-corrected chi connectivity index (χ2v) is 9.61. The molecule has 0 aliphatic carbocycles. The Kier molecular flexibility index (Phi) is 13.4. The third kappa shape index (κ3) is 11.1. The SMILES string of the molecule is C.NC(=NCCCCc1ccc(CCC(=O)OCCN2CCCCC2)cc1)NC(=O)c1nc(Cl)c(N)nc1N. The number of carbonyl (C=O) groups excluding carboxylic acids is 2. The molecule has 3 rings (SSSR count). The van der Waals surface area contributed by atoms with Gasteiger partial charge in [0.25, 0.3) is 5.91 Å². The van der Waals surface area contributed by atoms with E-state index in [9.17, 15) is 9.59 Å². The summed E-state index contributed by atoms with van der Waals surface area (Å²) in [6.45, 7) is 3.97. The van der Waals surface area contributed by atoms with E-state index in [0.29, 0.717) is 26.0 Å². The number of likely N-dealkylation sites (tertiary alicyclic amines) is 1. The molecule has 0 unspecified atom stereocenters. The number of esters is 1. The largest absolute Gasteiger partial charge is 0.464 e. The Bertz CT molecular complexity index is 1100. The number of benzene rings is 1. The van der Waals surface area contributed by atoms with Gasteiger partial charge in [-0.25, -0.2) is 9.97 Å². The molecule has 1 saturated heterocycles. The van der Waals surface area contributed by atoms with Crippen LogP contribution in [0, 0.1) is 0 Å². The van der Waals surface area contributed by atoms with E-state index in [4.69, 9.17) is 33.5 Å². The van der Waals surface area contributed by atoms with Crippen molar-refractivity contribution in [1.82, 2.24) is 20.2 Å². The van der Waals surface area contributed by atoms with E-state index in [1.165, 1.54) is 24.8 Å². The fourth-order valence-corrected chi connectivity index (χ4v) is 4.25. The zero-order valence-corrected chi connectivity index (χ0v) is 22.4. The van der Waals surface area contributed by atoms with Crippen LogP contribution in [0.3, 0.4) is 0 Å². The molecule has 0 radical (unpaired) electrons. The number of nitrogens with two attached hydrogens (primary N) is 3. The van der Waals surface area contributed by atoms with Crippen molar-refractivity contribution >= 4 is 41.1 Å². The number of aromatic nitrogens is 2. The smallest absolute Gasteiger partial charge is 0.306 e. The molecule has 1 aromatic carbocycles. The molecule has 1 aromatic heterocycles. The van der Waals surface area contributed by atoms with Gasteiger partial charge in [0.05, 0.1) is 0 Å². The molecule has 39 heavy (non-hydrogen) atoms. The number of halogens is 1. The number of nitrogen functional groups attached to an aromatic ring is 2. The lowest BCUT2D eigenvalue weighted by Crippen LogP contribution is -2.38. The average molecular weight is 561 g/mol. The Morgan fingerprint density at radius 2 is 1.67 bits per heavy atom. The quantitative estimate of drug-likeness (QED) is 0.131. The molecule has 0 atom stereocenters. The van der Waals surface area contributed by atoms with Crippen molar-refractivity contribution in [2.45, 2.75) is 58.8 Å². The average Bonchev–Trinajstić information content (AvgIpc) is 2.90. The maximum atomic E-state index is 12.2. The van der Waals surface area contributed by atoms with E-state index in [2.05, 4.69) is 49.4 Å². The molecule has 1 aliphatic rings. The Morgan fingerprint density at radius 1 is 1.00 bits per heavy atom. The van der Waals surface area contributed by atoms with Crippen molar-refractivity contribution < 1.29 is 14.3 Å². The zero-order valence-electron chi connectivity index (χ0n) is 21.6. The summed E-state index contributed by atoms with van der Waals surface area (Å²) in [6.07, 6.45) is 7.41. The molecule has 214 valence electrons. The van der Waals surface area contributed by atoms with Gasteiger partial charge in [0, 0.05) is 19.5 Å². The van der Waals surface area contributed by atoms with Crippen molar-refractivity contribution in [3.05, 3.63) is 46.2 Å². The first kappa shape index (κ1) is 31.8. The molecule has 0 bridgehead atoms. The number of hydrogen-bond donors (Lipinski definition) is 4. The molecule has 2 heterocycles. The molecule has 1 amide bonds. The second kappa shape index (κ2) is 16.5. The monoisotopic (exact) mass is 560 g/mol. The van der Waals surface area contributed by atoms with Gasteiger partial charge in [0.15, 0.2) is 28.4 Å². The first-order valence-electron chi connectivity index (χ1n) is 13.0. The van der Waals surface area contributed by atoms with E-state index in [1.807, 2.05) is 0 Å². The third-order valence-corrected chi connectivity index (χ3v) is 6.56. The number of ether oxygens (including phenoxy) is 1. The fraction of sp³-hybridized carbons (Fsp3) is 0.519. The summed E-state index contributed by atoms with van der Waals surface area (Å²) in [5.41, 5.74) is 19.1. The molecule has 0 spiro atoms. The van der Waals surface area contributed by atoms with Crippen LogP contribution < -0.4 is 22.5 Å². The van der Waals surface area contributed by atoms with Crippen LogP contribution in [-0.2, 0) is 22.4 Å². The predicted molar refractivity (Wildman–Crippen MR) is 156 cm³/mol. The van der Waals surface area contributed by atoms with Crippen LogP contribution in [-0.4, -0.2) is 65.5 Å². The summed E-state index contributed by atoms with van der Waals surface area (Å²) in [4.78, 5) is 38.4. The number of hydrogen-bond acceptors (Lipinski definition) is 9. The summed E-state index contributed by atoms with van der Waals surface area (Å²) in [7, 11) is 0. The molecular weight excluding hydrogens is 520 g/mol. The van der Waals surface area contributed by atoms with Gasteiger partial charge in [-0.2, -0.15) is 0 Å². The Morgan fingerprint density at radius 3 is 2.36 bits per heavy atom. The summed E-state index contributed by atoms with van der Waals surface area (Å²) in [5.74, 6) is -1.06. The molecule has 0 saturated carbocycles. The minimum atomic E-state index is -0.663. The van der Waals surface area contributed by atoms with Crippen molar-refractivity contribution in [2.24, 2.45) is 10.7 Å². The van der Waals surface area contributed by atoms with Crippen LogP contribution in [0.15, 0.2) is 29.3 Å². The Balaban J connectivity index is 0.00000533. The highest BCUT2D eigenvalue weighted by Gasteiger charge is 2.16. The lowest BCUT2D eigenvalue weighted by molar-refractivity contribution is -0.144. The zero-order chi connectivity index (χ0) is 27.3. The number of aliphatic imine (C=N–C) groups is 1. The number of unbranched alkanes of at least 4 members (excludes halogenated alkanes) is 1. The van der Waals surface area contributed by atoms with E-state index >= 15 is 0 Å². The number of rotatable bonds is 12. The van der Waals surface area contributed by atoms with Crippen LogP contribution >= 0.6 is 11.6 Å². The number of amides is 1. The van der Waals surface area contributed by atoms with Gasteiger partial charge in [-0.1, -0.05) is 49.7 Å². The molecule has 12 heteroatoms. The van der Waals surface area contributed by atoms with Crippen molar-refractivity contribution in [3.63, 3.8) is 0 Å². The van der Waals surface area contributed by atoms with E-state index in [1.54, 1.807) is 0 Å².